The van der Waals surface area contributed by atoms with Crippen LogP contribution in [0, 0.1) is 19.8 Å². The van der Waals surface area contributed by atoms with E-state index in [0.29, 0.717) is 0 Å². The number of hydrogen-bond donors (Lipinski definition) is 0. The van der Waals surface area contributed by atoms with E-state index in [2.05, 4.69) is 298 Å². The van der Waals surface area contributed by atoms with Crippen molar-refractivity contribution in [3.8, 4) is 0 Å². The third-order valence-electron chi connectivity index (χ3n) is 13.1. The summed E-state index contributed by atoms with van der Waals surface area (Å²) in [5, 5.41) is 0. The number of benzene rings is 9. The van der Waals surface area contributed by atoms with Crippen LogP contribution in [-0.4, -0.2) is 0 Å². The maximum Gasteiger partial charge on any atom is 0.0462 e. The Morgan fingerprint density at radius 1 is 0.362 bits per heavy atom. The van der Waals surface area contributed by atoms with Crippen molar-refractivity contribution >= 4 is 57.3 Å². The van der Waals surface area contributed by atoms with Gasteiger partial charge in [0.25, 0.3) is 0 Å². The molecule has 0 bridgehead atoms. The summed E-state index contributed by atoms with van der Waals surface area (Å²) in [6.07, 6.45) is 10.2. The van der Waals surface area contributed by atoms with Crippen LogP contribution < -0.4 is 9.80 Å². The summed E-state index contributed by atoms with van der Waals surface area (Å²) in [7, 11) is 0. The first kappa shape index (κ1) is 44.4. The molecule has 0 aliphatic heterocycles. The van der Waals surface area contributed by atoms with Crippen LogP contribution in [0.3, 0.4) is 0 Å². The summed E-state index contributed by atoms with van der Waals surface area (Å²) in [4.78, 5) is 4.79. The van der Waals surface area contributed by atoms with Gasteiger partial charge in [-0.2, -0.15) is 0 Å². The Bertz CT molecular complexity index is 3150. The van der Waals surface area contributed by atoms with Gasteiger partial charge in [-0.25, -0.2) is 0 Å². The molecule has 0 N–H and O–H groups in total. The van der Waals surface area contributed by atoms with Gasteiger partial charge in [-0.15, -0.1) is 0 Å². The molecule has 9 aromatic carbocycles. The second kappa shape index (κ2) is 20.6. The minimum absolute atomic E-state index is 0.272. The maximum absolute atomic E-state index is 2.44. The zero-order valence-corrected chi connectivity index (χ0v) is 39.6. The van der Waals surface area contributed by atoms with Gasteiger partial charge in [0.05, 0.1) is 0 Å². The topological polar surface area (TPSA) is 6.48 Å². The minimum atomic E-state index is 0.272. The Morgan fingerprint density at radius 3 is 1.03 bits per heavy atom. The zero-order valence-electron chi connectivity index (χ0n) is 39.6. The van der Waals surface area contributed by atoms with Crippen LogP contribution in [0.15, 0.2) is 261 Å². The van der Waals surface area contributed by atoms with Crippen LogP contribution in [0.4, 0.5) is 28.4 Å². The molecule has 0 fully saturated rings. The van der Waals surface area contributed by atoms with Crippen LogP contribution in [0.5, 0.6) is 0 Å². The highest BCUT2D eigenvalue weighted by Crippen LogP contribution is 2.41. The van der Waals surface area contributed by atoms with Gasteiger partial charge in [-0.05, 0) is 155 Å². The minimum Gasteiger partial charge on any atom is -0.314 e. The Hall–Kier alpha value is -8.46. The van der Waals surface area contributed by atoms with E-state index >= 15 is 0 Å². The Balaban J connectivity index is 0.943. The van der Waals surface area contributed by atoms with E-state index in [9.17, 15) is 0 Å². The predicted octanol–water partition coefficient (Wildman–Crippen LogP) is 18.1. The number of nitrogens with zero attached hydrogens (tertiary/aromatic N) is 2. The first-order valence-electron chi connectivity index (χ1n) is 24.0. The normalized spacial score (nSPS) is 13.1. The molecule has 334 valence electrons. The van der Waals surface area contributed by atoms with Crippen molar-refractivity contribution in [3.63, 3.8) is 0 Å². The molecule has 0 saturated heterocycles. The van der Waals surface area contributed by atoms with Crippen LogP contribution in [0.25, 0.3) is 28.9 Å². The largest absolute Gasteiger partial charge is 0.314 e. The smallest absolute Gasteiger partial charge is 0.0462 e. The van der Waals surface area contributed by atoms with Gasteiger partial charge in [-0.3, -0.25) is 0 Å². The van der Waals surface area contributed by atoms with Gasteiger partial charge >= 0.3 is 0 Å². The summed E-state index contributed by atoms with van der Waals surface area (Å²) >= 11 is 0. The van der Waals surface area contributed by atoms with Crippen LogP contribution in [0.2, 0.25) is 0 Å². The summed E-state index contributed by atoms with van der Waals surface area (Å²) in [6.45, 7) is 6.65. The molecule has 2 nitrogen and oxygen atoms in total. The van der Waals surface area contributed by atoms with E-state index in [1.54, 1.807) is 0 Å². The third-order valence-corrected chi connectivity index (χ3v) is 13.1. The van der Waals surface area contributed by atoms with Crippen molar-refractivity contribution < 1.29 is 0 Å². The molecule has 1 unspecified atom stereocenters. The van der Waals surface area contributed by atoms with Crippen molar-refractivity contribution in [2.75, 3.05) is 9.80 Å². The molecule has 0 saturated carbocycles. The lowest BCUT2D eigenvalue weighted by Gasteiger charge is -2.34. The molecule has 1 aliphatic rings. The van der Waals surface area contributed by atoms with Gasteiger partial charge in [0.2, 0.25) is 0 Å². The molecular weight excluding hydrogens is 833 g/mol. The number of rotatable bonds is 13. The lowest BCUT2D eigenvalue weighted by atomic mass is 9.87. The third kappa shape index (κ3) is 10.3. The highest BCUT2D eigenvalue weighted by molar-refractivity contribution is 5.93. The lowest BCUT2D eigenvalue weighted by molar-refractivity contribution is 0.680. The fourth-order valence-corrected chi connectivity index (χ4v) is 9.38. The molecule has 9 aromatic rings. The average molecular weight is 889 g/mol. The van der Waals surface area contributed by atoms with E-state index in [0.717, 1.165) is 46.0 Å². The molecule has 1 atom stereocenters. The zero-order chi connectivity index (χ0) is 46.9. The van der Waals surface area contributed by atoms with E-state index < -0.39 is 0 Å². The fourth-order valence-electron chi connectivity index (χ4n) is 9.38. The van der Waals surface area contributed by atoms with E-state index in [4.69, 9.17) is 0 Å². The predicted molar refractivity (Wildman–Crippen MR) is 295 cm³/mol. The molecule has 0 heterocycles. The van der Waals surface area contributed by atoms with Gasteiger partial charge in [0.1, 0.15) is 0 Å². The van der Waals surface area contributed by atoms with E-state index in [1.165, 1.54) is 61.4 Å². The first-order chi connectivity index (χ1) is 33.9. The number of hydrogen-bond acceptors (Lipinski definition) is 2. The van der Waals surface area contributed by atoms with Gasteiger partial charge < -0.3 is 9.80 Å². The van der Waals surface area contributed by atoms with Crippen LogP contribution in [0.1, 0.15) is 63.4 Å². The van der Waals surface area contributed by atoms with Crippen molar-refractivity contribution in [1.82, 2.24) is 0 Å². The highest BCUT2D eigenvalue weighted by Gasteiger charge is 2.24. The molecule has 1 aliphatic carbocycles. The second-order valence-electron chi connectivity index (χ2n) is 18.0. The molecule has 2 heteroatoms. The fraction of sp³-hybridized carbons (Fsp3) is 0.0746. The summed E-state index contributed by atoms with van der Waals surface area (Å²) in [5.74, 6) is 0.272. The van der Waals surface area contributed by atoms with E-state index in [1.807, 2.05) is 0 Å². The first-order valence-corrected chi connectivity index (χ1v) is 24.0. The SMILES string of the molecule is Cc1ccc(N(C2=CC=C(c3ccc(N(c4ccc(C)cc4)c4ccc(C=C(c5ccccc5)c5ccccc5)cc4)cc3)CC2C)c2ccc(C=C(c3ccccc3)c3ccccc3)cc2)cc1. The number of allylic oxidation sites excluding steroid dienone is 4. The van der Waals surface area contributed by atoms with Crippen molar-refractivity contribution in [1.29, 1.82) is 0 Å². The number of anilines is 5. The van der Waals surface area contributed by atoms with Crippen molar-refractivity contribution in [3.05, 3.63) is 311 Å². The molecule has 0 spiro atoms. The monoisotopic (exact) mass is 888 g/mol. The summed E-state index contributed by atoms with van der Waals surface area (Å²) in [5.41, 5.74) is 21.5. The Labute approximate surface area is 408 Å². The highest BCUT2D eigenvalue weighted by atomic mass is 15.2. The molecule has 0 aromatic heterocycles. The summed E-state index contributed by atoms with van der Waals surface area (Å²) < 4.78 is 0. The van der Waals surface area contributed by atoms with Crippen molar-refractivity contribution in [2.24, 2.45) is 5.92 Å². The van der Waals surface area contributed by atoms with Crippen LogP contribution >= 0.6 is 0 Å². The maximum atomic E-state index is 2.44. The molecular formula is C67H56N2. The Morgan fingerprint density at radius 2 is 0.681 bits per heavy atom. The molecule has 69 heavy (non-hydrogen) atoms. The lowest BCUT2D eigenvalue weighted by Crippen LogP contribution is -2.23. The quantitative estimate of drug-likeness (QED) is 0.106. The van der Waals surface area contributed by atoms with Gasteiger partial charge in [0, 0.05) is 40.1 Å². The molecule has 0 amide bonds. The number of aryl methyl sites for hydroxylation is 2. The molecule has 10 rings (SSSR count). The van der Waals surface area contributed by atoms with Gasteiger partial charge in [0.15, 0.2) is 0 Å². The van der Waals surface area contributed by atoms with Crippen LogP contribution in [-0.2, 0) is 0 Å². The standard InChI is InChI=1S/C67H56N2/c1-49-24-35-60(36-25-49)68(61-39-28-52(29-40-61)47-65(55-16-8-4-9-17-55)56-18-10-5-11-19-56)62-43-32-54(33-44-62)59-34-45-67(51(3)46-59)69(63-37-26-50(2)27-38-63)64-41-30-53(31-42-64)48-66(57-20-12-6-13-21-57)58-22-14-7-15-23-58/h4-45,47-48,51H,46H2,1-3H3. The van der Waals surface area contributed by atoms with Gasteiger partial charge in [-0.1, -0.05) is 206 Å². The second-order valence-corrected chi connectivity index (χ2v) is 18.0. The summed E-state index contributed by atoms with van der Waals surface area (Å²) in [6, 6.07) is 87.4. The average Bonchev–Trinajstić information content (AvgIpc) is 3.41. The van der Waals surface area contributed by atoms with E-state index in [-0.39, 0.29) is 5.92 Å². The molecule has 0 radical (unpaired) electrons. The Kier molecular flexibility index (Phi) is 13.2. The van der Waals surface area contributed by atoms with Crippen molar-refractivity contribution in [2.45, 2.75) is 27.2 Å².